The van der Waals surface area contributed by atoms with Gasteiger partial charge >= 0.3 is 0 Å². The summed E-state index contributed by atoms with van der Waals surface area (Å²) in [5, 5.41) is 0. The lowest BCUT2D eigenvalue weighted by Crippen LogP contribution is -2.34. The Kier molecular flexibility index (Phi) is 3.58. The molecular weight excluding hydrogens is 310 g/mol. The Bertz CT molecular complexity index is 771. The molecule has 2 aromatic rings. The third kappa shape index (κ3) is 2.34. The van der Waals surface area contributed by atoms with Crippen molar-refractivity contribution in [2.24, 2.45) is 4.99 Å². The summed E-state index contributed by atoms with van der Waals surface area (Å²) in [5.41, 5.74) is 0.765. The van der Waals surface area contributed by atoms with E-state index in [0.717, 1.165) is 11.1 Å². The first kappa shape index (κ1) is 16.1. The van der Waals surface area contributed by atoms with Crippen LogP contribution >= 0.6 is 0 Å². The smallest absolute Gasteiger partial charge is 0.221 e. The summed E-state index contributed by atoms with van der Waals surface area (Å²) in [6, 6.07) is 20.7. The van der Waals surface area contributed by atoms with Gasteiger partial charge in [-0.2, -0.15) is 0 Å². The molecular formula is C22H23NO2. The highest BCUT2D eigenvalue weighted by atomic mass is 16.7. The molecule has 0 spiro atoms. The van der Waals surface area contributed by atoms with Crippen molar-refractivity contribution in [3.63, 3.8) is 0 Å². The van der Waals surface area contributed by atoms with Gasteiger partial charge < -0.3 is 9.47 Å². The number of epoxide rings is 1. The third-order valence-electron chi connectivity index (χ3n) is 4.96. The molecule has 0 radical (unpaired) electrons. The van der Waals surface area contributed by atoms with E-state index in [0.29, 0.717) is 18.9 Å². The fourth-order valence-corrected chi connectivity index (χ4v) is 3.79. The van der Waals surface area contributed by atoms with Gasteiger partial charge in [0.15, 0.2) is 11.2 Å². The number of hydrogen-bond acceptors (Lipinski definition) is 3. The van der Waals surface area contributed by atoms with Crippen molar-refractivity contribution in [1.29, 1.82) is 0 Å². The second kappa shape index (κ2) is 5.57. The summed E-state index contributed by atoms with van der Waals surface area (Å²) >= 11 is 0. The Balaban J connectivity index is 1.90. The van der Waals surface area contributed by atoms with Crippen LogP contribution < -0.4 is 0 Å². The van der Waals surface area contributed by atoms with E-state index in [1.807, 2.05) is 42.5 Å². The molecule has 3 heteroatoms. The predicted molar refractivity (Wildman–Crippen MR) is 99.8 cm³/mol. The molecule has 1 fully saturated rings. The number of aliphatic imine (C=N–C) groups is 1. The minimum Gasteiger partial charge on any atom is -0.476 e. The highest BCUT2D eigenvalue weighted by molar-refractivity contribution is 5.93. The number of nitrogens with zero attached hydrogens (tertiary/aromatic N) is 1. The van der Waals surface area contributed by atoms with Crippen LogP contribution in [-0.2, 0) is 15.1 Å². The minimum atomic E-state index is -0.634. The van der Waals surface area contributed by atoms with Crippen molar-refractivity contribution in [3.05, 3.63) is 84.4 Å². The van der Waals surface area contributed by atoms with Gasteiger partial charge in [-0.3, -0.25) is 0 Å². The first-order valence-electron chi connectivity index (χ1n) is 8.69. The van der Waals surface area contributed by atoms with Crippen LogP contribution in [0.4, 0.5) is 0 Å². The van der Waals surface area contributed by atoms with E-state index < -0.39 is 11.2 Å². The normalized spacial score (nSPS) is 25.8. The summed E-state index contributed by atoms with van der Waals surface area (Å²) in [5.74, 6) is 0.685. The Morgan fingerprint density at radius 1 is 1.00 bits per heavy atom. The van der Waals surface area contributed by atoms with Gasteiger partial charge in [0.05, 0.1) is 5.54 Å². The SMILES string of the molecule is C=CC[C@@]1(C2=NC(C)(C)CO2)OC1(c1ccccc1)c1ccccc1. The highest BCUT2D eigenvalue weighted by Gasteiger charge is 2.75. The fourth-order valence-electron chi connectivity index (χ4n) is 3.79. The molecule has 0 unspecified atom stereocenters. The lowest BCUT2D eigenvalue weighted by atomic mass is 9.79. The molecule has 0 N–H and O–H groups in total. The van der Waals surface area contributed by atoms with E-state index in [1.165, 1.54) is 0 Å². The van der Waals surface area contributed by atoms with Crippen LogP contribution in [0.3, 0.4) is 0 Å². The maximum atomic E-state index is 6.56. The van der Waals surface area contributed by atoms with Gasteiger partial charge in [0.25, 0.3) is 0 Å². The highest BCUT2D eigenvalue weighted by Crippen LogP contribution is 2.63. The monoisotopic (exact) mass is 333 g/mol. The average Bonchev–Trinajstić information content (AvgIpc) is 3.17. The Morgan fingerprint density at radius 3 is 2.00 bits per heavy atom. The third-order valence-corrected chi connectivity index (χ3v) is 4.96. The Morgan fingerprint density at radius 2 is 1.56 bits per heavy atom. The zero-order valence-corrected chi connectivity index (χ0v) is 14.7. The van der Waals surface area contributed by atoms with E-state index in [2.05, 4.69) is 44.7 Å². The molecule has 2 heterocycles. The molecule has 1 saturated heterocycles. The van der Waals surface area contributed by atoms with E-state index in [1.54, 1.807) is 0 Å². The first-order valence-corrected chi connectivity index (χ1v) is 8.69. The molecule has 3 nitrogen and oxygen atoms in total. The number of hydrogen-bond donors (Lipinski definition) is 0. The van der Waals surface area contributed by atoms with Gasteiger partial charge in [-0.1, -0.05) is 66.7 Å². The van der Waals surface area contributed by atoms with Crippen LogP contribution in [0, 0.1) is 0 Å². The largest absolute Gasteiger partial charge is 0.476 e. The maximum absolute atomic E-state index is 6.56. The topological polar surface area (TPSA) is 34.1 Å². The second-order valence-electron chi connectivity index (χ2n) is 7.35. The molecule has 25 heavy (non-hydrogen) atoms. The summed E-state index contributed by atoms with van der Waals surface area (Å²) in [6.07, 6.45) is 2.54. The van der Waals surface area contributed by atoms with Gasteiger partial charge in [0.2, 0.25) is 5.90 Å². The molecule has 4 rings (SSSR count). The molecule has 0 bridgehead atoms. The molecule has 0 aliphatic carbocycles. The molecule has 0 aromatic heterocycles. The number of rotatable bonds is 5. The molecule has 128 valence electrons. The molecule has 0 saturated carbocycles. The summed E-state index contributed by atoms with van der Waals surface area (Å²) < 4.78 is 12.6. The standard InChI is InChI=1S/C22H23NO2/c1-4-15-21(19-23-20(2,3)16-24-19)22(25-21,17-11-7-5-8-12-17)18-13-9-6-10-14-18/h4-14H,1,15-16H2,2-3H3/t21-/m0/s1. The molecule has 1 atom stereocenters. The lowest BCUT2D eigenvalue weighted by molar-refractivity contribution is 0.244. The molecule has 2 aliphatic heterocycles. The number of ether oxygens (including phenoxy) is 2. The van der Waals surface area contributed by atoms with Gasteiger partial charge in [0, 0.05) is 6.42 Å². The van der Waals surface area contributed by atoms with Crippen LogP contribution in [0.1, 0.15) is 31.4 Å². The maximum Gasteiger partial charge on any atom is 0.221 e. The Labute approximate surface area is 149 Å². The van der Waals surface area contributed by atoms with Crippen LogP contribution in [0.2, 0.25) is 0 Å². The van der Waals surface area contributed by atoms with Crippen molar-refractivity contribution in [3.8, 4) is 0 Å². The summed E-state index contributed by atoms with van der Waals surface area (Å²) in [4.78, 5) is 4.84. The van der Waals surface area contributed by atoms with Crippen molar-refractivity contribution in [2.75, 3.05) is 6.61 Å². The van der Waals surface area contributed by atoms with E-state index in [4.69, 9.17) is 14.5 Å². The van der Waals surface area contributed by atoms with Crippen LogP contribution in [-0.4, -0.2) is 23.6 Å². The Hall–Kier alpha value is -2.39. The van der Waals surface area contributed by atoms with Crippen molar-refractivity contribution >= 4 is 5.90 Å². The van der Waals surface area contributed by atoms with Gasteiger partial charge in [-0.25, -0.2) is 4.99 Å². The van der Waals surface area contributed by atoms with Crippen LogP contribution in [0.15, 0.2) is 78.3 Å². The fraction of sp³-hybridized carbons (Fsp3) is 0.318. The van der Waals surface area contributed by atoms with Gasteiger partial charge in [0.1, 0.15) is 6.61 Å². The van der Waals surface area contributed by atoms with E-state index >= 15 is 0 Å². The van der Waals surface area contributed by atoms with E-state index in [-0.39, 0.29) is 5.54 Å². The zero-order valence-electron chi connectivity index (χ0n) is 14.7. The first-order chi connectivity index (χ1) is 12.0. The van der Waals surface area contributed by atoms with Crippen molar-refractivity contribution < 1.29 is 9.47 Å². The lowest BCUT2D eigenvalue weighted by Gasteiger charge is -2.20. The quantitative estimate of drug-likeness (QED) is 0.597. The van der Waals surface area contributed by atoms with Crippen LogP contribution in [0.25, 0.3) is 0 Å². The van der Waals surface area contributed by atoms with Gasteiger partial charge in [-0.05, 0) is 25.0 Å². The number of benzene rings is 2. The summed E-state index contributed by atoms with van der Waals surface area (Å²) in [7, 11) is 0. The second-order valence-corrected chi connectivity index (χ2v) is 7.35. The van der Waals surface area contributed by atoms with Crippen LogP contribution in [0.5, 0.6) is 0 Å². The predicted octanol–water partition coefficient (Wildman–Crippen LogP) is 4.48. The molecule has 2 aliphatic rings. The van der Waals surface area contributed by atoms with Gasteiger partial charge in [-0.15, -0.1) is 6.58 Å². The van der Waals surface area contributed by atoms with E-state index in [9.17, 15) is 0 Å². The zero-order chi connectivity index (χ0) is 17.5. The van der Waals surface area contributed by atoms with Crippen molar-refractivity contribution in [2.45, 2.75) is 37.0 Å². The van der Waals surface area contributed by atoms with Crippen molar-refractivity contribution in [1.82, 2.24) is 0 Å². The minimum absolute atomic E-state index is 0.228. The summed E-state index contributed by atoms with van der Waals surface area (Å²) in [6.45, 7) is 8.69. The molecule has 2 aromatic carbocycles. The molecule has 0 amide bonds. The average molecular weight is 333 g/mol.